The Kier molecular flexibility index (Phi) is 33.2. The van der Waals surface area contributed by atoms with Crippen LogP contribution in [0.1, 0.15) is 174 Å². The lowest BCUT2D eigenvalue weighted by Crippen LogP contribution is -2.37. The lowest BCUT2D eigenvalue weighted by Gasteiger charge is -2.28. The van der Waals surface area contributed by atoms with Crippen LogP contribution in [0.3, 0.4) is 0 Å². The zero-order valence-electron chi connectivity index (χ0n) is 38.9. The molecule has 0 amide bonds. The maximum Gasteiger partial charge on any atom is 0.310 e. The summed E-state index contributed by atoms with van der Waals surface area (Å²) < 4.78 is 33.9. The van der Waals surface area contributed by atoms with Crippen molar-refractivity contribution in [3.8, 4) is 0 Å². The number of phosphoric acid groups is 1. The summed E-state index contributed by atoms with van der Waals surface area (Å²) in [4.78, 5) is 37.9. The number of carbonyl (C=O) groups excluding carboxylic acids is 2. The number of allylic oxidation sites excluding steroid dienone is 3. The van der Waals surface area contributed by atoms with E-state index in [1.807, 2.05) is 21.1 Å². The fourth-order valence-electron chi connectivity index (χ4n) is 7.39. The highest BCUT2D eigenvalue weighted by molar-refractivity contribution is 7.45. The Labute approximate surface area is 370 Å². The smallest absolute Gasteiger partial charge is 0.310 e. The Balaban J connectivity index is 2.48. The van der Waals surface area contributed by atoms with E-state index in [2.05, 4.69) is 26.0 Å². The lowest BCUT2D eigenvalue weighted by molar-refractivity contribution is -0.870. The van der Waals surface area contributed by atoms with Crippen LogP contribution in [-0.2, 0) is 32.7 Å². The molecular formula is C48H88NO11P. The zero-order valence-corrected chi connectivity index (χ0v) is 39.8. The van der Waals surface area contributed by atoms with Crippen molar-refractivity contribution < 1.29 is 57.4 Å². The largest absolute Gasteiger partial charge is 0.756 e. The highest BCUT2D eigenvalue weighted by Crippen LogP contribution is 2.39. The number of aliphatic hydroxyl groups is 3. The van der Waals surface area contributed by atoms with Gasteiger partial charge in [-0.15, -0.1) is 0 Å². The number of rotatable bonds is 39. The average molecular weight is 886 g/mol. The summed E-state index contributed by atoms with van der Waals surface area (Å²) in [5, 5.41) is 31.5. The van der Waals surface area contributed by atoms with Gasteiger partial charge in [0.25, 0.3) is 7.82 Å². The van der Waals surface area contributed by atoms with Gasteiger partial charge in [0.05, 0.1) is 52.5 Å². The lowest BCUT2D eigenvalue weighted by atomic mass is 9.89. The number of phosphoric ester groups is 1. The Morgan fingerprint density at radius 1 is 0.738 bits per heavy atom. The average Bonchev–Trinajstić information content (AvgIpc) is 3.47. The fraction of sp³-hybridized carbons (Fsp3) is 0.833. The van der Waals surface area contributed by atoms with Gasteiger partial charge in [0, 0.05) is 18.8 Å². The van der Waals surface area contributed by atoms with E-state index in [0.717, 1.165) is 38.5 Å². The Morgan fingerprint density at radius 2 is 1.31 bits per heavy atom. The topological polar surface area (TPSA) is 172 Å². The first kappa shape index (κ1) is 57.1. The summed E-state index contributed by atoms with van der Waals surface area (Å²) in [7, 11) is 0.970. The first-order valence-corrected chi connectivity index (χ1v) is 25.4. The zero-order chi connectivity index (χ0) is 45.2. The third kappa shape index (κ3) is 32.4. The van der Waals surface area contributed by atoms with Crippen LogP contribution in [0.15, 0.2) is 36.5 Å². The Hall–Kier alpha value is -1.89. The highest BCUT2D eigenvalue weighted by Gasteiger charge is 2.39. The van der Waals surface area contributed by atoms with Crippen LogP contribution >= 0.6 is 7.82 Å². The van der Waals surface area contributed by atoms with Gasteiger partial charge in [-0.25, -0.2) is 0 Å². The molecule has 1 aliphatic carbocycles. The second kappa shape index (κ2) is 35.5. The molecule has 0 radical (unpaired) electrons. The van der Waals surface area contributed by atoms with Crippen LogP contribution in [0.25, 0.3) is 0 Å². The Morgan fingerprint density at radius 3 is 1.92 bits per heavy atom. The Bertz CT molecular complexity index is 1250. The summed E-state index contributed by atoms with van der Waals surface area (Å²) in [6, 6.07) is 0. The maximum absolute atomic E-state index is 12.8. The van der Waals surface area contributed by atoms with E-state index >= 15 is 0 Å². The molecule has 1 rings (SSSR count). The molecular weight excluding hydrogens is 797 g/mol. The van der Waals surface area contributed by atoms with E-state index in [0.29, 0.717) is 30.3 Å². The van der Waals surface area contributed by atoms with Crippen molar-refractivity contribution in [3.05, 3.63) is 36.5 Å². The van der Waals surface area contributed by atoms with Crippen LogP contribution in [0.2, 0.25) is 0 Å². The van der Waals surface area contributed by atoms with Gasteiger partial charge in [0.1, 0.15) is 19.8 Å². The SMILES string of the molecule is CCCCCCCC/C=C\CCCCCCCCCCCC(=O)OC[C@H](COP(=O)([O-])OCC[N+](C)(C)C)OC(=O)C/C=C\C[C@H]1[C@@H](/C=C/[C@H](O)CCCCC)[C@H](O)C[C@@H]1O. The fourth-order valence-corrected chi connectivity index (χ4v) is 8.12. The molecule has 1 fully saturated rings. The summed E-state index contributed by atoms with van der Waals surface area (Å²) in [6.45, 7) is 3.74. The molecule has 7 atom stereocenters. The van der Waals surface area contributed by atoms with Crippen molar-refractivity contribution in [2.75, 3.05) is 47.5 Å². The minimum Gasteiger partial charge on any atom is -0.756 e. The minimum absolute atomic E-state index is 0.0886. The molecule has 0 bridgehead atoms. The van der Waals surface area contributed by atoms with E-state index in [-0.39, 0.29) is 44.3 Å². The van der Waals surface area contributed by atoms with Crippen LogP contribution < -0.4 is 4.89 Å². The number of likely N-dealkylation sites (N-methyl/N-ethyl adjacent to an activating group) is 1. The molecule has 356 valence electrons. The number of hydrogen-bond donors (Lipinski definition) is 3. The molecule has 0 aliphatic heterocycles. The number of nitrogens with zero attached hydrogens (tertiary/aromatic N) is 1. The van der Waals surface area contributed by atoms with Gasteiger partial charge >= 0.3 is 11.9 Å². The van der Waals surface area contributed by atoms with Crippen molar-refractivity contribution in [3.63, 3.8) is 0 Å². The molecule has 3 N–H and O–H groups in total. The van der Waals surface area contributed by atoms with Gasteiger partial charge < -0.3 is 43.2 Å². The van der Waals surface area contributed by atoms with Crippen molar-refractivity contribution in [2.24, 2.45) is 11.8 Å². The normalized spacial score (nSPS) is 20.5. The molecule has 1 aliphatic rings. The first-order valence-electron chi connectivity index (χ1n) is 24.0. The summed E-state index contributed by atoms with van der Waals surface area (Å²) in [5.74, 6) is -1.77. The maximum atomic E-state index is 12.8. The number of ether oxygens (including phenoxy) is 2. The molecule has 1 saturated carbocycles. The van der Waals surface area contributed by atoms with Gasteiger partial charge in [0.15, 0.2) is 6.10 Å². The second-order valence-corrected chi connectivity index (χ2v) is 19.5. The van der Waals surface area contributed by atoms with Crippen molar-refractivity contribution in [1.29, 1.82) is 0 Å². The van der Waals surface area contributed by atoms with Gasteiger partial charge in [-0.05, 0) is 50.9 Å². The molecule has 0 heterocycles. The summed E-state index contributed by atoms with van der Waals surface area (Å²) in [5.41, 5.74) is 0. The molecule has 0 aromatic rings. The monoisotopic (exact) mass is 886 g/mol. The van der Waals surface area contributed by atoms with E-state index in [1.165, 1.54) is 83.5 Å². The van der Waals surface area contributed by atoms with E-state index in [9.17, 15) is 34.4 Å². The second-order valence-electron chi connectivity index (χ2n) is 18.1. The van der Waals surface area contributed by atoms with Gasteiger partial charge in [-0.1, -0.05) is 147 Å². The van der Waals surface area contributed by atoms with Crippen LogP contribution in [0, 0.1) is 11.8 Å². The van der Waals surface area contributed by atoms with E-state index < -0.39 is 50.8 Å². The van der Waals surface area contributed by atoms with Crippen molar-refractivity contribution in [1.82, 2.24) is 0 Å². The van der Waals surface area contributed by atoms with Crippen LogP contribution in [-0.4, -0.2) is 104 Å². The predicted octanol–water partition coefficient (Wildman–Crippen LogP) is 9.44. The first-order chi connectivity index (χ1) is 29.2. The number of esters is 2. The highest BCUT2D eigenvalue weighted by atomic mass is 31.2. The number of quaternary nitrogens is 1. The van der Waals surface area contributed by atoms with Gasteiger partial charge in [-0.3, -0.25) is 14.2 Å². The predicted molar refractivity (Wildman–Crippen MR) is 242 cm³/mol. The molecule has 12 nitrogen and oxygen atoms in total. The third-order valence-electron chi connectivity index (χ3n) is 11.2. The summed E-state index contributed by atoms with van der Waals surface area (Å²) >= 11 is 0. The van der Waals surface area contributed by atoms with Gasteiger partial charge in [0.2, 0.25) is 0 Å². The van der Waals surface area contributed by atoms with Crippen molar-refractivity contribution >= 4 is 19.8 Å². The summed E-state index contributed by atoms with van der Waals surface area (Å²) in [6.07, 6.45) is 33.0. The minimum atomic E-state index is -4.72. The van der Waals surface area contributed by atoms with Crippen LogP contribution in [0.5, 0.6) is 0 Å². The number of aliphatic hydroxyl groups excluding tert-OH is 3. The molecule has 0 saturated heterocycles. The molecule has 0 spiro atoms. The van der Waals surface area contributed by atoms with E-state index in [1.54, 1.807) is 24.3 Å². The quantitative estimate of drug-likeness (QED) is 0.0177. The van der Waals surface area contributed by atoms with Crippen molar-refractivity contribution in [2.45, 2.75) is 199 Å². The third-order valence-corrected chi connectivity index (χ3v) is 12.2. The number of hydrogen-bond acceptors (Lipinski definition) is 11. The van der Waals surface area contributed by atoms with Crippen LogP contribution in [0.4, 0.5) is 0 Å². The molecule has 1 unspecified atom stereocenters. The van der Waals surface area contributed by atoms with Gasteiger partial charge in [-0.2, -0.15) is 0 Å². The molecule has 0 aromatic heterocycles. The number of carbonyl (C=O) groups is 2. The number of unbranched alkanes of at least 4 members (excludes halogenated alkanes) is 17. The van der Waals surface area contributed by atoms with E-state index in [4.69, 9.17) is 18.5 Å². The molecule has 61 heavy (non-hydrogen) atoms. The standard InChI is InChI=1S/C48H88NO11P/c1-6-8-10-11-12-13-14-15-16-17-18-19-20-21-22-23-24-25-27-32-47(53)57-39-42(40-59-61(55,56)58-37-36-49(3,4)5)60-48(54)33-29-28-31-43-44(46(52)38-45(43)51)35-34-41(50)30-26-9-7-2/h15-16,28-29,34-35,41-46,50-52H,6-14,17-27,30-33,36-40H2,1-5H3/b16-15-,29-28-,35-34+/t41-,42-,43+,44-,45+,46-/m1/s1. The molecule has 0 aromatic carbocycles. The molecule has 13 heteroatoms.